The van der Waals surface area contributed by atoms with Crippen molar-refractivity contribution in [2.45, 2.75) is 57.6 Å². The van der Waals surface area contributed by atoms with Crippen LogP contribution in [0.2, 0.25) is 0 Å². The van der Waals surface area contributed by atoms with Crippen LogP contribution in [0.3, 0.4) is 0 Å². The number of hydrogen-bond acceptors (Lipinski definition) is 3. The summed E-state index contributed by atoms with van der Waals surface area (Å²) in [5.74, 6) is 0. The lowest BCUT2D eigenvalue weighted by molar-refractivity contribution is 0.0576. The molecule has 1 heterocycles. The summed E-state index contributed by atoms with van der Waals surface area (Å²) in [4.78, 5) is 2.53. The van der Waals surface area contributed by atoms with Crippen LogP contribution in [0, 0.1) is 0 Å². The fourth-order valence-corrected chi connectivity index (χ4v) is 3.00. The minimum Gasteiger partial charge on any atom is -0.377 e. The largest absolute Gasteiger partial charge is 0.377 e. The van der Waals surface area contributed by atoms with Gasteiger partial charge in [0.1, 0.15) is 0 Å². The molecule has 1 aliphatic carbocycles. The van der Waals surface area contributed by atoms with Gasteiger partial charge in [-0.2, -0.15) is 0 Å². The van der Waals surface area contributed by atoms with Crippen LogP contribution in [0.5, 0.6) is 0 Å². The summed E-state index contributed by atoms with van der Waals surface area (Å²) in [5, 5.41) is 3.64. The molecule has 0 radical (unpaired) electrons. The van der Waals surface area contributed by atoms with E-state index in [4.69, 9.17) is 4.74 Å². The fraction of sp³-hybridized carbons (Fsp3) is 1.00. The van der Waals surface area contributed by atoms with E-state index >= 15 is 0 Å². The average molecular weight is 240 g/mol. The zero-order valence-corrected chi connectivity index (χ0v) is 11.3. The summed E-state index contributed by atoms with van der Waals surface area (Å²) in [7, 11) is 0. The maximum absolute atomic E-state index is 5.86. The second-order valence-electron chi connectivity index (χ2n) is 5.44. The van der Waals surface area contributed by atoms with E-state index in [0.29, 0.717) is 6.10 Å². The molecule has 17 heavy (non-hydrogen) atoms. The number of likely N-dealkylation sites (tertiary alicyclic amines) is 1. The van der Waals surface area contributed by atoms with Gasteiger partial charge in [0.15, 0.2) is 0 Å². The Balaban J connectivity index is 1.48. The third kappa shape index (κ3) is 4.57. The molecule has 0 aromatic rings. The number of nitrogens with zero attached hydrogens (tertiary/aromatic N) is 1. The van der Waals surface area contributed by atoms with E-state index in [0.717, 1.165) is 19.2 Å². The molecular formula is C14H28N2O. The maximum atomic E-state index is 5.86. The summed E-state index contributed by atoms with van der Waals surface area (Å²) < 4.78 is 5.86. The minimum atomic E-state index is 0.568. The smallest absolute Gasteiger partial charge is 0.0594 e. The molecule has 1 saturated heterocycles. The molecule has 0 bridgehead atoms. The topological polar surface area (TPSA) is 24.5 Å². The lowest BCUT2D eigenvalue weighted by Crippen LogP contribution is -2.43. The van der Waals surface area contributed by atoms with Crippen LogP contribution >= 0.6 is 0 Å². The molecule has 0 unspecified atom stereocenters. The Morgan fingerprint density at radius 3 is 2.47 bits per heavy atom. The zero-order valence-electron chi connectivity index (χ0n) is 11.3. The first kappa shape index (κ1) is 13.3. The number of ether oxygens (including phenoxy) is 1. The van der Waals surface area contributed by atoms with Gasteiger partial charge in [-0.3, -0.25) is 0 Å². The highest BCUT2D eigenvalue weighted by molar-refractivity contribution is 4.76. The van der Waals surface area contributed by atoms with E-state index in [-0.39, 0.29) is 0 Å². The summed E-state index contributed by atoms with van der Waals surface area (Å²) in [6.45, 7) is 7.92. The van der Waals surface area contributed by atoms with Gasteiger partial charge in [-0.15, -0.1) is 0 Å². The Labute approximate surface area is 106 Å². The Hall–Kier alpha value is -0.120. The van der Waals surface area contributed by atoms with Crippen LogP contribution < -0.4 is 5.32 Å². The Morgan fingerprint density at radius 1 is 1.12 bits per heavy atom. The molecule has 2 fully saturated rings. The molecular weight excluding hydrogens is 212 g/mol. The van der Waals surface area contributed by atoms with E-state index in [1.165, 1.54) is 58.2 Å². The van der Waals surface area contributed by atoms with Crippen LogP contribution in [0.25, 0.3) is 0 Å². The molecule has 2 aliphatic rings. The predicted octanol–water partition coefficient (Wildman–Crippen LogP) is 2.02. The van der Waals surface area contributed by atoms with Crippen LogP contribution in [0.15, 0.2) is 0 Å². The van der Waals surface area contributed by atoms with Crippen molar-refractivity contribution in [3.63, 3.8) is 0 Å². The predicted molar refractivity (Wildman–Crippen MR) is 71.3 cm³/mol. The molecule has 1 aliphatic heterocycles. The highest BCUT2D eigenvalue weighted by Gasteiger charge is 2.18. The van der Waals surface area contributed by atoms with Crippen molar-refractivity contribution in [1.29, 1.82) is 0 Å². The van der Waals surface area contributed by atoms with Gasteiger partial charge >= 0.3 is 0 Å². The summed E-state index contributed by atoms with van der Waals surface area (Å²) in [6.07, 6.45) is 8.48. The molecule has 100 valence electrons. The molecule has 0 amide bonds. The van der Waals surface area contributed by atoms with E-state index in [9.17, 15) is 0 Å². The average Bonchev–Trinajstić information content (AvgIpc) is 2.88. The van der Waals surface area contributed by atoms with Gasteiger partial charge in [-0.05, 0) is 45.3 Å². The van der Waals surface area contributed by atoms with Crippen molar-refractivity contribution < 1.29 is 4.74 Å². The van der Waals surface area contributed by atoms with Crippen molar-refractivity contribution in [2.75, 3.05) is 32.8 Å². The quantitative estimate of drug-likeness (QED) is 0.719. The number of nitrogens with one attached hydrogen (secondary N) is 1. The summed E-state index contributed by atoms with van der Waals surface area (Å²) in [5.41, 5.74) is 0. The monoisotopic (exact) mass is 240 g/mol. The molecule has 3 nitrogen and oxygen atoms in total. The molecule has 0 aromatic heterocycles. The van der Waals surface area contributed by atoms with Gasteiger partial charge in [0, 0.05) is 12.6 Å². The first-order valence-electron chi connectivity index (χ1n) is 7.46. The summed E-state index contributed by atoms with van der Waals surface area (Å²) >= 11 is 0. The van der Waals surface area contributed by atoms with Crippen LogP contribution in [0.4, 0.5) is 0 Å². The molecule has 0 atom stereocenters. The Bertz CT molecular complexity index is 196. The third-order valence-electron chi connectivity index (χ3n) is 4.23. The SMILES string of the molecule is CCN1CCC(NCCOC2CCCC2)CC1. The summed E-state index contributed by atoms with van der Waals surface area (Å²) in [6, 6.07) is 0.727. The van der Waals surface area contributed by atoms with Crippen LogP contribution in [-0.4, -0.2) is 49.8 Å². The maximum Gasteiger partial charge on any atom is 0.0594 e. The highest BCUT2D eigenvalue weighted by atomic mass is 16.5. The van der Waals surface area contributed by atoms with Crippen LogP contribution in [-0.2, 0) is 4.74 Å². The third-order valence-corrected chi connectivity index (χ3v) is 4.23. The van der Waals surface area contributed by atoms with Gasteiger partial charge in [-0.1, -0.05) is 19.8 Å². The number of rotatable bonds is 6. The van der Waals surface area contributed by atoms with Crippen molar-refractivity contribution >= 4 is 0 Å². The van der Waals surface area contributed by atoms with E-state index < -0.39 is 0 Å². The van der Waals surface area contributed by atoms with Crippen LogP contribution in [0.1, 0.15) is 45.4 Å². The van der Waals surface area contributed by atoms with Gasteiger partial charge in [0.25, 0.3) is 0 Å². The first-order valence-corrected chi connectivity index (χ1v) is 7.46. The van der Waals surface area contributed by atoms with Crippen molar-refractivity contribution in [2.24, 2.45) is 0 Å². The lowest BCUT2D eigenvalue weighted by Gasteiger charge is -2.31. The minimum absolute atomic E-state index is 0.568. The second kappa shape index (κ2) is 7.34. The highest BCUT2D eigenvalue weighted by Crippen LogP contribution is 2.20. The van der Waals surface area contributed by atoms with Crippen molar-refractivity contribution in [3.8, 4) is 0 Å². The molecule has 1 N–H and O–H groups in total. The molecule has 3 heteroatoms. The molecule has 0 aromatic carbocycles. The Morgan fingerprint density at radius 2 is 1.82 bits per heavy atom. The van der Waals surface area contributed by atoms with E-state index in [2.05, 4.69) is 17.1 Å². The van der Waals surface area contributed by atoms with Crippen molar-refractivity contribution in [1.82, 2.24) is 10.2 Å². The normalized spacial score (nSPS) is 24.5. The van der Waals surface area contributed by atoms with E-state index in [1.54, 1.807) is 0 Å². The Kier molecular flexibility index (Phi) is 5.75. The first-order chi connectivity index (χ1) is 8.38. The number of hydrogen-bond donors (Lipinski definition) is 1. The van der Waals surface area contributed by atoms with Gasteiger partial charge in [0.05, 0.1) is 12.7 Å². The fourth-order valence-electron chi connectivity index (χ4n) is 3.00. The van der Waals surface area contributed by atoms with Crippen molar-refractivity contribution in [3.05, 3.63) is 0 Å². The van der Waals surface area contributed by atoms with Gasteiger partial charge in [-0.25, -0.2) is 0 Å². The second-order valence-corrected chi connectivity index (χ2v) is 5.44. The lowest BCUT2D eigenvalue weighted by atomic mass is 10.1. The molecule has 2 rings (SSSR count). The van der Waals surface area contributed by atoms with Gasteiger partial charge in [0.2, 0.25) is 0 Å². The molecule has 0 spiro atoms. The standard InChI is InChI=1S/C14H28N2O/c1-2-16-10-7-13(8-11-16)15-9-12-17-14-5-3-4-6-14/h13-15H,2-12H2,1H3. The molecule has 1 saturated carbocycles. The zero-order chi connectivity index (χ0) is 11.9. The number of piperidine rings is 1. The van der Waals surface area contributed by atoms with Gasteiger partial charge < -0.3 is 15.0 Å². The van der Waals surface area contributed by atoms with E-state index in [1.807, 2.05) is 0 Å².